The average Bonchev–Trinajstić information content (AvgIpc) is 2.50. The summed E-state index contributed by atoms with van der Waals surface area (Å²) in [5.74, 6) is 0. The normalized spacial score (nSPS) is 23.9. The molecule has 2 aromatic rings. The molecule has 0 bridgehead atoms. The van der Waals surface area contributed by atoms with Gasteiger partial charge >= 0.3 is 5.69 Å². The van der Waals surface area contributed by atoms with E-state index in [9.17, 15) is 9.90 Å². The number of aliphatic hydroxyl groups is 1. The fraction of sp³-hybridized carbons (Fsp3) is 0.417. The molecule has 1 aliphatic rings. The molecular weight excluding hydrogens is 218 g/mol. The van der Waals surface area contributed by atoms with Crippen LogP contribution in [0.15, 0.2) is 23.0 Å². The van der Waals surface area contributed by atoms with E-state index < -0.39 is 6.10 Å². The maximum atomic E-state index is 12.1. The summed E-state index contributed by atoms with van der Waals surface area (Å²) in [7, 11) is 1.75. The number of benzene rings is 1. The average molecular weight is 233 g/mol. The summed E-state index contributed by atoms with van der Waals surface area (Å²) < 4.78 is 3.32. The number of nitrogens with two attached hydrogens (primary N) is 1. The summed E-state index contributed by atoms with van der Waals surface area (Å²) in [4.78, 5) is 12.1. The molecule has 0 aliphatic carbocycles. The zero-order chi connectivity index (χ0) is 12.2. The highest BCUT2D eigenvalue weighted by Crippen LogP contribution is 2.29. The zero-order valence-electron chi connectivity index (χ0n) is 9.63. The van der Waals surface area contributed by atoms with Crippen LogP contribution in [0.4, 0.5) is 0 Å². The van der Waals surface area contributed by atoms with Gasteiger partial charge in [0.05, 0.1) is 17.1 Å². The van der Waals surface area contributed by atoms with Gasteiger partial charge in [-0.1, -0.05) is 12.1 Å². The minimum Gasteiger partial charge on any atom is -0.387 e. The molecule has 0 amide bonds. The number of aliphatic hydroxyl groups excluding tert-OH is 1. The Labute approximate surface area is 98.1 Å². The molecule has 0 unspecified atom stereocenters. The quantitative estimate of drug-likeness (QED) is 0.678. The van der Waals surface area contributed by atoms with Crippen molar-refractivity contribution in [2.45, 2.75) is 25.1 Å². The minimum absolute atomic E-state index is 0.0475. The Kier molecular flexibility index (Phi) is 2.14. The highest BCUT2D eigenvalue weighted by atomic mass is 16.3. The molecule has 1 aromatic heterocycles. The second kappa shape index (κ2) is 3.45. The number of imidazole rings is 1. The third kappa shape index (κ3) is 1.29. The molecule has 0 saturated heterocycles. The lowest BCUT2D eigenvalue weighted by Gasteiger charge is -2.16. The predicted molar refractivity (Wildman–Crippen MR) is 64.7 cm³/mol. The molecule has 0 radical (unpaired) electrons. The van der Waals surface area contributed by atoms with Gasteiger partial charge in [0.1, 0.15) is 0 Å². The van der Waals surface area contributed by atoms with Crippen LogP contribution in [-0.4, -0.2) is 20.3 Å². The Morgan fingerprint density at radius 1 is 1.47 bits per heavy atom. The van der Waals surface area contributed by atoms with E-state index >= 15 is 0 Å². The number of nitrogens with zero attached hydrogens (tertiary/aromatic N) is 2. The van der Waals surface area contributed by atoms with E-state index in [1.54, 1.807) is 16.2 Å². The van der Waals surface area contributed by atoms with Crippen LogP contribution in [0.2, 0.25) is 0 Å². The predicted octanol–water partition coefficient (Wildman–Crippen LogP) is 0.104. The van der Waals surface area contributed by atoms with Crippen LogP contribution in [0.3, 0.4) is 0 Å². The van der Waals surface area contributed by atoms with Crippen molar-refractivity contribution in [3.8, 4) is 0 Å². The summed E-state index contributed by atoms with van der Waals surface area (Å²) in [6.45, 7) is 0.561. The first-order chi connectivity index (χ1) is 8.11. The first-order valence-corrected chi connectivity index (χ1v) is 5.73. The van der Waals surface area contributed by atoms with E-state index in [1.807, 2.05) is 18.2 Å². The van der Waals surface area contributed by atoms with E-state index in [-0.39, 0.29) is 11.7 Å². The van der Waals surface area contributed by atoms with E-state index in [1.165, 1.54) is 0 Å². The van der Waals surface area contributed by atoms with Crippen LogP contribution in [0.25, 0.3) is 11.0 Å². The van der Waals surface area contributed by atoms with E-state index in [4.69, 9.17) is 5.73 Å². The van der Waals surface area contributed by atoms with Gasteiger partial charge < -0.3 is 10.8 Å². The molecule has 1 aliphatic heterocycles. The molecule has 0 fully saturated rings. The van der Waals surface area contributed by atoms with Crippen LogP contribution in [0.5, 0.6) is 0 Å². The SMILES string of the molecule is Cn1c(=O)n2c3c(cccc31)[C@@H](O)[C@H](N)CC2. The zero-order valence-corrected chi connectivity index (χ0v) is 9.63. The second-order valence-electron chi connectivity index (χ2n) is 4.61. The van der Waals surface area contributed by atoms with Crippen LogP contribution >= 0.6 is 0 Å². The van der Waals surface area contributed by atoms with E-state index in [0.29, 0.717) is 13.0 Å². The maximum Gasteiger partial charge on any atom is 0.328 e. The van der Waals surface area contributed by atoms with E-state index in [0.717, 1.165) is 16.6 Å². The minimum atomic E-state index is -0.700. The topological polar surface area (TPSA) is 73.2 Å². The number of hydrogen-bond acceptors (Lipinski definition) is 3. The number of para-hydroxylation sites is 1. The lowest BCUT2D eigenvalue weighted by Crippen LogP contribution is -2.29. The second-order valence-corrected chi connectivity index (χ2v) is 4.61. The van der Waals surface area contributed by atoms with Crippen molar-refractivity contribution in [1.82, 2.24) is 9.13 Å². The molecule has 2 heterocycles. The van der Waals surface area contributed by atoms with Crippen molar-refractivity contribution in [1.29, 1.82) is 0 Å². The molecule has 90 valence electrons. The molecular formula is C12H15N3O2. The lowest BCUT2D eigenvalue weighted by molar-refractivity contribution is 0.144. The highest BCUT2D eigenvalue weighted by molar-refractivity contribution is 5.80. The van der Waals surface area contributed by atoms with E-state index in [2.05, 4.69) is 0 Å². The van der Waals surface area contributed by atoms with Crippen LogP contribution < -0.4 is 11.4 Å². The van der Waals surface area contributed by atoms with Crippen molar-refractivity contribution >= 4 is 11.0 Å². The first-order valence-electron chi connectivity index (χ1n) is 5.73. The monoisotopic (exact) mass is 233 g/mol. The number of rotatable bonds is 0. The number of aryl methyl sites for hydroxylation is 2. The largest absolute Gasteiger partial charge is 0.387 e. The van der Waals surface area contributed by atoms with Gasteiger partial charge in [0.15, 0.2) is 0 Å². The number of aromatic nitrogens is 2. The lowest BCUT2D eigenvalue weighted by atomic mass is 10.0. The summed E-state index contributed by atoms with van der Waals surface area (Å²) in [6, 6.07) is 5.27. The first kappa shape index (κ1) is 10.6. The maximum absolute atomic E-state index is 12.1. The molecule has 3 N–H and O–H groups in total. The van der Waals surface area contributed by atoms with Crippen LogP contribution in [-0.2, 0) is 13.6 Å². The molecule has 17 heavy (non-hydrogen) atoms. The third-order valence-corrected chi connectivity index (χ3v) is 3.61. The van der Waals surface area contributed by atoms with Crippen LogP contribution in [0.1, 0.15) is 18.1 Å². The summed E-state index contributed by atoms with van der Waals surface area (Å²) in [5.41, 5.74) is 8.28. The molecule has 2 atom stereocenters. The molecule has 1 aromatic carbocycles. The Balaban J connectivity index is 2.46. The van der Waals surface area contributed by atoms with Crippen molar-refractivity contribution in [2.24, 2.45) is 12.8 Å². The number of hydrogen-bond donors (Lipinski definition) is 2. The Hall–Kier alpha value is -1.59. The standard InChI is InChI=1S/C12H15N3O2/c1-14-9-4-2-3-7-10(9)15(12(14)17)6-5-8(13)11(7)16/h2-4,8,11,16H,5-6,13H2,1H3/t8-,11-/m1/s1. The Morgan fingerprint density at radius 3 is 3.00 bits per heavy atom. The van der Waals surface area contributed by atoms with Gasteiger partial charge in [-0.15, -0.1) is 0 Å². The van der Waals surface area contributed by atoms with Gasteiger partial charge in [-0.05, 0) is 12.5 Å². The van der Waals surface area contributed by atoms with Crippen molar-refractivity contribution < 1.29 is 5.11 Å². The Bertz CT molecular complexity index is 641. The Morgan fingerprint density at radius 2 is 2.24 bits per heavy atom. The van der Waals surface area contributed by atoms with Crippen LogP contribution in [0, 0.1) is 0 Å². The molecule has 0 saturated carbocycles. The molecule has 0 spiro atoms. The van der Waals surface area contributed by atoms with Crippen molar-refractivity contribution in [3.05, 3.63) is 34.2 Å². The third-order valence-electron chi connectivity index (χ3n) is 3.61. The fourth-order valence-electron chi connectivity index (χ4n) is 2.61. The molecule has 5 heteroatoms. The smallest absolute Gasteiger partial charge is 0.328 e. The van der Waals surface area contributed by atoms with Crippen molar-refractivity contribution in [3.63, 3.8) is 0 Å². The summed E-state index contributed by atoms with van der Waals surface area (Å²) in [6.07, 6.45) is -0.0938. The highest BCUT2D eigenvalue weighted by Gasteiger charge is 2.26. The van der Waals surface area contributed by atoms with Gasteiger partial charge in [0, 0.05) is 25.2 Å². The van der Waals surface area contributed by atoms with Gasteiger partial charge in [-0.25, -0.2) is 4.79 Å². The van der Waals surface area contributed by atoms with Gasteiger partial charge in [0.25, 0.3) is 0 Å². The van der Waals surface area contributed by atoms with Crippen molar-refractivity contribution in [2.75, 3.05) is 0 Å². The van der Waals surface area contributed by atoms with Gasteiger partial charge in [0.2, 0.25) is 0 Å². The fourth-order valence-corrected chi connectivity index (χ4v) is 2.61. The van der Waals surface area contributed by atoms with Gasteiger partial charge in [-0.2, -0.15) is 0 Å². The summed E-state index contributed by atoms with van der Waals surface area (Å²) in [5, 5.41) is 10.2. The van der Waals surface area contributed by atoms with Gasteiger partial charge in [-0.3, -0.25) is 9.13 Å². The molecule has 3 rings (SSSR count). The molecule has 5 nitrogen and oxygen atoms in total. The summed E-state index contributed by atoms with van der Waals surface area (Å²) >= 11 is 0.